The fraction of sp³-hybridized carbons (Fsp3) is 0.0714. The van der Waals surface area contributed by atoms with Gasteiger partial charge >= 0.3 is 0 Å². The number of hydrogen-bond acceptors (Lipinski definition) is 2. The molecular formula is C14H11ClFNOS. The molecule has 0 bridgehead atoms. The quantitative estimate of drug-likeness (QED) is 0.874. The summed E-state index contributed by atoms with van der Waals surface area (Å²) >= 11 is 11.0. The summed E-state index contributed by atoms with van der Waals surface area (Å²) in [5.74, 6) is 0.236. The highest BCUT2D eigenvalue weighted by Crippen LogP contribution is 2.27. The third-order valence-electron chi connectivity index (χ3n) is 2.53. The molecule has 0 amide bonds. The molecular weight excluding hydrogens is 285 g/mol. The van der Waals surface area contributed by atoms with Crippen LogP contribution in [-0.2, 0) is 6.61 Å². The molecule has 0 aromatic heterocycles. The van der Waals surface area contributed by atoms with Crippen LogP contribution < -0.4 is 10.5 Å². The zero-order valence-electron chi connectivity index (χ0n) is 9.90. The molecule has 0 spiro atoms. The topological polar surface area (TPSA) is 35.2 Å². The summed E-state index contributed by atoms with van der Waals surface area (Å²) in [6, 6.07) is 11.3. The van der Waals surface area contributed by atoms with Gasteiger partial charge in [0.05, 0.1) is 10.6 Å². The van der Waals surface area contributed by atoms with Gasteiger partial charge in [0.25, 0.3) is 0 Å². The van der Waals surface area contributed by atoms with Crippen molar-refractivity contribution in [1.29, 1.82) is 0 Å². The minimum absolute atomic E-state index is 0.180. The van der Waals surface area contributed by atoms with E-state index < -0.39 is 0 Å². The second-order valence-corrected chi connectivity index (χ2v) is 4.74. The number of halogens is 2. The number of nitrogens with two attached hydrogens (primary N) is 1. The van der Waals surface area contributed by atoms with Crippen molar-refractivity contribution >= 4 is 28.8 Å². The molecule has 2 aromatic carbocycles. The van der Waals surface area contributed by atoms with E-state index in [0.29, 0.717) is 16.3 Å². The Hall–Kier alpha value is -1.65. The first kappa shape index (κ1) is 13.8. The van der Waals surface area contributed by atoms with Gasteiger partial charge in [0.2, 0.25) is 0 Å². The van der Waals surface area contributed by atoms with E-state index in [1.54, 1.807) is 30.3 Å². The molecule has 0 aliphatic carbocycles. The first-order valence-electron chi connectivity index (χ1n) is 5.53. The number of ether oxygens (including phenoxy) is 1. The minimum Gasteiger partial charge on any atom is -0.488 e. The summed E-state index contributed by atoms with van der Waals surface area (Å²) in [7, 11) is 0. The number of thiocarbonyl (C=S) groups is 1. The average Bonchev–Trinajstić information content (AvgIpc) is 2.37. The Balaban J connectivity index is 2.18. The van der Waals surface area contributed by atoms with Crippen molar-refractivity contribution in [3.05, 3.63) is 64.4 Å². The number of rotatable bonds is 4. The van der Waals surface area contributed by atoms with Crippen molar-refractivity contribution in [2.75, 3.05) is 0 Å². The number of hydrogen-bond donors (Lipinski definition) is 1. The van der Waals surface area contributed by atoms with Gasteiger partial charge in [-0.25, -0.2) is 4.39 Å². The molecule has 2 nitrogen and oxygen atoms in total. The summed E-state index contributed by atoms with van der Waals surface area (Å²) in [6.45, 7) is 0.288. The zero-order chi connectivity index (χ0) is 13.8. The van der Waals surface area contributed by atoms with Crippen molar-refractivity contribution < 1.29 is 9.13 Å². The van der Waals surface area contributed by atoms with Crippen molar-refractivity contribution in [2.24, 2.45) is 5.73 Å². The van der Waals surface area contributed by atoms with Crippen LogP contribution in [0.15, 0.2) is 42.5 Å². The van der Waals surface area contributed by atoms with Gasteiger partial charge < -0.3 is 10.5 Å². The van der Waals surface area contributed by atoms with Crippen LogP contribution in [0.5, 0.6) is 5.75 Å². The molecule has 98 valence electrons. The van der Waals surface area contributed by atoms with Crippen LogP contribution >= 0.6 is 23.8 Å². The largest absolute Gasteiger partial charge is 0.488 e. The van der Waals surface area contributed by atoms with Crippen LogP contribution in [0.1, 0.15) is 11.1 Å². The predicted octanol–water partition coefficient (Wildman–Crippen LogP) is 3.69. The first-order chi connectivity index (χ1) is 9.08. The molecule has 2 N–H and O–H groups in total. The first-order valence-corrected chi connectivity index (χ1v) is 6.32. The molecule has 19 heavy (non-hydrogen) atoms. The molecule has 0 fully saturated rings. The second kappa shape index (κ2) is 5.99. The molecule has 0 aliphatic heterocycles. The van der Waals surface area contributed by atoms with E-state index in [0.717, 1.165) is 5.56 Å². The van der Waals surface area contributed by atoms with Gasteiger partial charge in [0.15, 0.2) is 0 Å². The van der Waals surface area contributed by atoms with Gasteiger partial charge in [0.1, 0.15) is 23.2 Å². The van der Waals surface area contributed by atoms with Crippen LogP contribution in [0.2, 0.25) is 5.02 Å². The molecule has 5 heteroatoms. The smallest absolute Gasteiger partial charge is 0.131 e. The van der Waals surface area contributed by atoms with Crippen molar-refractivity contribution in [1.82, 2.24) is 0 Å². The maximum Gasteiger partial charge on any atom is 0.131 e. The summed E-state index contributed by atoms with van der Waals surface area (Å²) in [5.41, 5.74) is 6.98. The monoisotopic (exact) mass is 295 g/mol. The Kier molecular flexibility index (Phi) is 4.35. The summed E-state index contributed by atoms with van der Waals surface area (Å²) in [4.78, 5) is 0.180. The number of benzene rings is 2. The van der Waals surface area contributed by atoms with Crippen LogP contribution in [0.4, 0.5) is 4.39 Å². The molecule has 0 saturated heterocycles. The van der Waals surface area contributed by atoms with Gasteiger partial charge in [-0.05, 0) is 29.8 Å². The Morgan fingerprint density at radius 1 is 1.21 bits per heavy atom. The lowest BCUT2D eigenvalue weighted by Gasteiger charge is -2.12. The van der Waals surface area contributed by atoms with E-state index in [-0.39, 0.29) is 17.4 Å². The van der Waals surface area contributed by atoms with E-state index >= 15 is 0 Å². The molecule has 0 aliphatic rings. The van der Waals surface area contributed by atoms with Crippen LogP contribution in [-0.4, -0.2) is 4.99 Å². The standard InChI is InChI=1S/C14H11ClFNOS/c15-11-2-1-3-12(13(11)14(17)19)18-8-9-4-6-10(16)7-5-9/h1-7H,8H2,(H2,17,19). The highest BCUT2D eigenvalue weighted by molar-refractivity contribution is 7.80. The van der Waals surface area contributed by atoms with Crippen molar-refractivity contribution in [2.45, 2.75) is 6.61 Å². The summed E-state index contributed by atoms with van der Waals surface area (Å²) < 4.78 is 18.4. The molecule has 0 radical (unpaired) electrons. The molecule has 0 saturated carbocycles. The molecule has 2 aromatic rings. The second-order valence-electron chi connectivity index (χ2n) is 3.89. The Morgan fingerprint density at radius 3 is 2.53 bits per heavy atom. The Morgan fingerprint density at radius 2 is 1.89 bits per heavy atom. The van der Waals surface area contributed by atoms with E-state index in [9.17, 15) is 4.39 Å². The van der Waals surface area contributed by atoms with E-state index in [1.807, 2.05) is 0 Å². The Bertz CT molecular complexity index is 601. The maximum absolute atomic E-state index is 12.8. The molecule has 0 heterocycles. The van der Waals surface area contributed by atoms with Crippen LogP contribution in [0, 0.1) is 5.82 Å². The van der Waals surface area contributed by atoms with Crippen LogP contribution in [0.3, 0.4) is 0 Å². The molecule has 2 rings (SSSR count). The lowest BCUT2D eigenvalue weighted by atomic mass is 10.2. The van der Waals surface area contributed by atoms with Gasteiger partial charge in [-0.3, -0.25) is 0 Å². The normalized spacial score (nSPS) is 10.2. The van der Waals surface area contributed by atoms with Gasteiger partial charge in [-0.1, -0.05) is 42.0 Å². The minimum atomic E-state index is -0.282. The fourth-order valence-corrected chi connectivity index (χ4v) is 2.14. The fourth-order valence-electron chi connectivity index (χ4n) is 1.61. The SMILES string of the molecule is NC(=S)c1c(Cl)cccc1OCc1ccc(F)cc1. The lowest BCUT2D eigenvalue weighted by molar-refractivity contribution is 0.305. The van der Waals surface area contributed by atoms with Crippen molar-refractivity contribution in [3.63, 3.8) is 0 Å². The highest BCUT2D eigenvalue weighted by atomic mass is 35.5. The van der Waals surface area contributed by atoms with E-state index in [1.165, 1.54) is 12.1 Å². The highest BCUT2D eigenvalue weighted by Gasteiger charge is 2.10. The molecule has 0 atom stereocenters. The van der Waals surface area contributed by atoms with Crippen molar-refractivity contribution in [3.8, 4) is 5.75 Å². The Labute approximate surface area is 120 Å². The maximum atomic E-state index is 12.8. The third-order valence-corrected chi connectivity index (χ3v) is 3.05. The van der Waals surface area contributed by atoms with Gasteiger partial charge in [-0.2, -0.15) is 0 Å². The lowest BCUT2D eigenvalue weighted by Crippen LogP contribution is -2.12. The summed E-state index contributed by atoms with van der Waals surface area (Å²) in [5, 5.41) is 0.448. The average molecular weight is 296 g/mol. The zero-order valence-corrected chi connectivity index (χ0v) is 11.5. The van der Waals surface area contributed by atoms with E-state index in [2.05, 4.69) is 0 Å². The van der Waals surface area contributed by atoms with Gasteiger partial charge in [0, 0.05) is 0 Å². The van der Waals surface area contributed by atoms with Gasteiger partial charge in [-0.15, -0.1) is 0 Å². The van der Waals surface area contributed by atoms with Crippen LogP contribution in [0.25, 0.3) is 0 Å². The summed E-state index contributed by atoms with van der Waals surface area (Å²) in [6.07, 6.45) is 0. The van der Waals surface area contributed by atoms with E-state index in [4.69, 9.17) is 34.3 Å². The molecule has 0 unspecified atom stereocenters. The third kappa shape index (κ3) is 3.43. The predicted molar refractivity (Wildman–Crippen MR) is 78.1 cm³/mol.